The number of methoxy groups -OCH3 is 1. The predicted molar refractivity (Wildman–Crippen MR) is 148 cm³/mol. The highest BCUT2D eigenvalue weighted by Crippen LogP contribution is 2.46. The van der Waals surface area contributed by atoms with Gasteiger partial charge >= 0.3 is 12.1 Å². The number of rotatable bonds is 6. The Balaban J connectivity index is 1.39. The molecule has 0 radical (unpaired) electrons. The third-order valence-corrected chi connectivity index (χ3v) is 7.26. The lowest BCUT2D eigenvalue weighted by Crippen LogP contribution is -2.09. The summed E-state index contributed by atoms with van der Waals surface area (Å²) < 4.78 is 56.2. The summed E-state index contributed by atoms with van der Waals surface area (Å²) in [5.41, 5.74) is 0.829. The van der Waals surface area contributed by atoms with Gasteiger partial charge in [-0.15, -0.1) is 0 Å². The van der Waals surface area contributed by atoms with E-state index >= 15 is 0 Å². The summed E-state index contributed by atoms with van der Waals surface area (Å²) in [5.74, 6) is 5.87. The van der Waals surface area contributed by atoms with Crippen LogP contribution < -0.4 is 4.74 Å². The van der Waals surface area contributed by atoms with E-state index in [1.165, 1.54) is 6.07 Å². The molecule has 0 spiro atoms. The molecule has 0 N–H and O–H groups in total. The second-order valence-corrected chi connectivity index (χ2v) is 10.4. The van der Waals surface area contributed by atoms with Crippen molar-refractivity contribution in [1.29, 1.82) is 0 Å². The number of carbonyl (C=O) groups excluding carboxylic acids is 1. The zero-order valence-electron chi connectivity index (χ0n) is 21.2. The van der Waals surface area contributed by atoms with E-state index in [0.29, 0.717) is 38.7 Å². The number of nitrogens with zero attached hydrogens (tertiary/aromatic N) is 1. The molecular formula is C30H19Cl3F3NO4. The first kappa shape index (κ1) is 28.9. The smallest absolute Gasteiger partial charge is 0.416 e. The SMILES string of the molecule is COC(=O)c1cc(C#Cc2ccc(OCc3c(-c4c(Cl)cccc4Cl)noc3C3CC3)cc2Cl)cc(C(F)(F)F)c1. The molecule has 11 heteroatoms. The van der Waals surface area contributed by atoms with E-state index in [4.69, 9.17) is 44.1 Å². The third kappa shape index (κ3) is 6.48. The molecule has 5 nitrogen and oxygen atoms in total. The minimum atomic E-state index is -4.67. The van der Waals surface area contributed by atoms with Crippen molar-refractivity contribution in [2.45, 2.75) is 31.5 Å². The largest absolute Gasteiger partial charge is 0.489 e. The Hall–Kier alpha value is -3.64. The number of carbonyl (C=O) groups is 1. The standard InChI is InChI=1S/C30H19Cl3F3NO4/c1-39-29(38)19-11-16(12-20(13-19)30(34,35)36)5-6-17-9-10-21(14-25(17)33)40-15-22-27(37-41-28(22)18-7-8-18)26-23(31)3-2-4-24(26)32/h2-4,9-14,18H,7-8,15H2,1H3. The van der Waals surface area contributed by atoms with Crippen molar-refractivity contribution in [2.75, 3.05) is 7.11 Å². The molecule has 41 heavy (non-hydrogen) atoms. The van der Waals surface area contributed by atoms with Crippen molar-refractivity contribution in [3.63, 3.8) is 0 Å². The molecule has 1 heterocycles. The van der Waals surface area contributed by atoms with Crippen LogP contribution >= 0.6 is 34.8 Å². The van der Waals surface area contributed by atoms with Gasteiger partial charge in [-0.25, -0.2) is 4.79 Å². The maximum Gasteiger partial charge on any atom is 0.416 e. The summed E-state index contributed by atoms with van der Waals surface area (Å²) in [6, 6.07) is 12.7. The summed E-state index contributed by atoms with van der Waals surface area (Å²) in [5, 5.41) is 5.32. The van der Waals surface area contributed by atoms with Gasteiger partial charge in [-0.05, 0) is 55.3 Å². The number of aromatic nitrogens is 1. The molecule has 0 amide bonds. The van der Waals surface area contributed by atoms with Crippen LogP contribution in [0.15, 0.2) is 59.1 Å². The van der Waals surface area contributed by atoms with Gasteiger partial charge in [0.25, 0.3) is 0 Å². The van der Waals surface area contributed by atoms with E-state index in [0.717, 1.165) is 37.3 Å². The number of halogens is 6. The highest BCUT2D eigenvalue weighted by Gasteiger charge is 2.34. The summed E-state index contributed by atoms with van der Waals surface area (Å²) in [6.07, 6.45) is -2.72. The molecule has 0 saturated heterocycles. The van der Waals surface area contributed by atoms with Gasteiger partial charge in [0.05, 0.1) is 38.9 Å². The van der Waals surface area contributed by atoms with E-state index in [9.17, 15) is 18.0 Å². The molecule has 0 unspecified atom stereocenters. The Morgan fingerprint density at radius 1 is 1.02 bits per heavy atom. The van der Waals surface area contributed by atoms with E-state index in [-0.39, 0.29) is 28.7 Å². The zero-order valence-corrected chi connectivity index (χ0v) is 23.5. The first-order valence-electron chi connectivity index (χ1n) is 12.2. The van der Waals surface area contributed by atoms with Crippen molar-refractivity contribution in [1.82, 2.24) is 5.16 Å². The van der Waals surface area contributed by atoms with Crippen LogP contribution in [-0.2, 0) is 17.5 Å². The monoisotopic (exact) mass is 619 g/mol. The number of esters is 1. The molecule has 1 saturated carbocycles. The van der Waals surface area contributed by atoms with Crippen molar-refractivity contribution < 1.29 is 32.0 Å². The van der Waals surface area contributed by atoms with E-state index in [1.807, 2.05) is 0 Å². The first-order valence-corrected chi connectivity index (χ1v) is 13.4. The molecule has 1 aliphatic rings. The van der Waals surface area contributed by atoms with Gasteiger partial charge in [0.2, 0.25) is 0 Å². The summed E-state index contributed by atoms with van der Waals surface area (Å²) in [7, 11) is 1.08. The summed E-state index contributed by atoms with van der Waals surface area (Å²) >= 11 is 19.3. The Labute approximate surface area is 248 Å². The van der Waals surface area contributed by atoms with E-state index < -0.39 is 17.7 Å². The Bertz CT molecular complexity index is 1680. The van der Waals surface area contributed by atoms with E-state index in [2.05, 4.69) is 21.7 Å². The van der Waals surface area contributed by atoms with Crippen LogP contribution in [0.5, 0.6) is 5.75 Å². The van der Waals surface area contributed by atoms with Crippen LogP contribution in [0.1, 0.15) is 57.1 Å². The zero-order chi connectivity index (χ0) is 29.3. The molecule has 1 aromatic heterocycles. The normalized spacial score (nSPS) is 13.0. The van der Waals surface area contributed by atoms with Crippen LogP contribution in [0.2, 0.25) is 15.1 Å². The van der Waals surface area contributed by atoms with Crippen LogP contribution in [-0.4, -0.2) is 18.2 Å². The van der Waals surface area contributed by atoms with Gasteiger partial charge < -0.3 is 14.0 Å². The molecule has 1 fully saturated rings. The fraction of sp³-hybridized carbons (Fsp3) is 0.200. The van der Waals surface area contributed by atoms with Crippen LogP contribution in [0, 0.1) is 11.8 Å². The lowest BCUT2D eigenvalue weighted by atomic mass is 10.0. The van der Waals surface area contributed by atoms with Gasteiger partial charge in [0.1, 0.15) is 23.8 Å². The van der Waals surface area contributed by atoms with E-state index in [1.54, 1.807) is 36.4 Å². The van der Waals surface area contributed by atoms with Crippen LogP contribution in [0.4, 0.5) is 13.2 Å². The van der Waals surface area contributed by atoms with Gasteiger partial charge in [-0.2, -0.15) is 13.2 Å². The van der Waals surface area contributed by atoms with Crippen LogP contribution in [0.25, 0.3) is 11.3 Å². The van der Waals surface area contributed by atoms with Gasteiger partial charge in [0, 0.05) is 28.7 Å². The average molecular weight is 621 g/mol. The predicted octanol–water partition coefficient (Wildman–Crippen LogP) is 8.96. The maximum absolute atomic E-state index is 13.3. The molecule has 1 aliphatic carbocycles. The molecule has 5 rings (SSSR count). The highest BCUT2D eigenvalue weighted by molar-refractivity contribution is 6.39. The molecule has 0 atom stereocenters. The Morgan fingerprint density at radius 2 is 1.76 bits per heavy atom. The van der Waals surface area contributed by atoms with Gasteiger partial charge in [-0.3, -0.25) is 0 Å². The van der Waals surface area contributed by atoms with Gasteiger partial charge in [0.15, 0.2) is 0 Å². The molecular weight excluding hydrogens is 602 g/mol. The lowest BCUT2D eigenvalue weighted by Gasteiger charge is -2.10. The fourth-order valence-electron chi connectivity index (χ4n) is 4.13. The minimum absolute atomic E-state index is 0.0255. The molecule has 210 valence electrons. The summed E-state index contributed by atoms with van der Waals surface area (Å²) in [6.45, 7) is 0.105. The molecule has 3 aromatic carbocycles. The Morgan fingerprint density at radius 3 is 2.39 bits per heavy atom. The number of alkyl halides is 3. The molecule has 0 aliphatic heterocycles. The Kier molecular flexibility index (Phi) is 8.23. The van der Waals surface area contributed by atoms with Crippen molar-refractivity contribution in [3.05, 3.63) is 103 Å². The number of hydrogen-bond acceptors (Lipinski definition) is 5. The molecule has 0 bridgehead atoms. The van der Waals surface area contributed by atoms with Crippen molar-refractivity contribution in [3.8, 4) is 28.8 Å². The molecule has 4 aromatic rings. The van der Waals surface area contributed by atoms with Gasteiger partial charge in [-0.1, -0.05) is 57.9 Å². The fourth-order valence-corrected chi connectivity index (χ4v) is 4.92. The maximum atomic E-state index is 13.3. The average Bonchev–Trinajstić information content (AvgIpc) is 3.70. The number of hydrogen-bond donors (Lipinski definition) is 0. The highest BCUT2D eigenvalue weighted by atomic mass is 35.5. The second-order valence-electron chi connectivity index (χ2n) is 9.21. The topological polar surface area (TPSA) is 61.6 Å². The lowest BCUT2D eigenvalue weighted by molar-refractivity contribution is -0.137. The van der Waals surface area contributed by atoms with Crippen LogP contribution in [0.3, 0.4) is 0 Å². The summed E-state index contributed by atoms with van der Waals surface area (Å²) in [4.78, 5) is 11.9. The second kappa shape index (κ2) is 11.7. The minimum Gasteiger partial charge on any atom is -0.489 e. The van der Waals surface area contributed by atoms with Crippen molar-refractivity contribution >= 4 is 40.8 Å². The number of ether oxygens (including phenoxy) is 2. The number of benzene rings is 3. The van der Waals surface area contributed by atoms with Crippen molar-refractivity contribution in [2.24, 2.45) is 0 Å². The third-order valence-electron chi connectivity index (χ3n) is 6.31. The quantitative estimate of drug-likeness (QED) is 0.159. The first-order chi connectivity index (χ1) is 19.5.